The van der Waals surface area contributed by atoms with Crippen LogP contribution >= 0.6 is 23.2 Å². The smallest absolute Gasteiger partial charge is 0.263 e. The molecule has 22 heavy (non-hydrogen) atoms. The summed E-state index contributed by atoms with van der Waals surface area (Å²) in [5, 5.41) is 0.762. The maximum absolute atomic E-state index is 12.5. The van der Waals surface area contributed by atoms with Crippen molar-refractivity contribution in [2.45, 2.75) is 32.9 Å². The number of hydrogen-bond acceptors (Lipinski definition) is 3. The molecule has 0 N–H and O–H groups in total. The fourth-order valence-corrected chi connectivity index (χ4v) is 2.87. The molecule has 6 heteroatoms. The molecule has 1 saturated heterocycles. The molecule has 0 radical (unpaired) electrons. The van der Waals surface area contributed by atoms with Gasteiger partial charge >= 0.3 is 0 Å². The Morgan fingerprint density at radius 3 is 2.36 bits per heavy atom. The van der Waals surface area contributed by atoms with Gasteiger partial charge in [0.25, 0.3) is 5.91 Å². The van der Waals surface area contributed by atoms with Gasteiger partial charge in [0.2, 0.25) is 0 Å². The van der Waals surface area contributed by atoms with E-state index in [0.29, 0.717) is 21.8 Å². The number of piperazine rings is 1. The van der Waals surface area contributed by atoms with Crippen molar-refractivity contribution >= 4 is 29.1 Å². The second-order valence-electron chi connectivity index (χ2n) is 5.77. The highest BCUT2D eigenvalue weighted by Crippen LogP contribution is 2.32. The number of hydrogen-bond donors (Lipinski definition) is 0. The Balaban J connectivity index is 1.94. The summed E-state index contributed by atoms with van der Waals surface area (Å²) >= 11 is 12.1. The van der Waals surface area contributed by atoms with Gasteiger partial charge in [-0.05, 0) is 32.9 Å². The Bertz CT molecular complexity index is 529. The molecule has 1 aromatic rings. The lowest BCUT2D eigenvalue weighted by Gasteiger charge is -2.37. The standard InChI is InChI=1S/C16H22Cl2N2O2/c1-11(2)19-7-9-20(10-8-19)16(21)12(3)22-14-6-4-5-13(17)15(14)18/h4-6,11-12H,7-10H2,1-3H3. The predicted molar refractivity (Wildman–Crippen MR) is 89.8 cm³/mol. The molecule has 1 aromatic carbocycles. The predicted octanol–water partition coefficient (Wildman–Crippen LogP) is 3.31. The molecule has 0 aromatic heterocycles. The van der Waals surface area contributed by atoms with Crippen LogP contribution in [0.25, 0.3) is 0 Å². The third-order valence-electron chi connectivity index (χ3n) is 3.92. The molecule has 4 nitrogen and oxygen atoms in total. The van der Waals surface area contributed by atoms with Gasteiger partial charge in [0.1, 0.15) is 10.8 Å². The fraction of sp³-hybridized carbons (Fsp3) is 0.562. The molecule has 0 spiro atoms. The largest absolute Gasteiger partial charge is 0.479 e. The quantitative estimate of drug-likeness (QED) is 0.839. The molecule has 1 heterocycles. The average Bonchev–Trinajstić information content (AvgIpc) is 2.51. The lowest BCUT2D eigenvalue weighted by Crippen LogP contribution is -2.53. The molecular weight excluding hydrogens is 323 g/mol. The summed E-state index contributed by atoms with van der Waals surface area (Å²) in [4.78, 5) is 16.7. The molecule has 0 saturated carbocycles. The van der Waals surface area contributed by atoms with Crippen LogP contribution < -0.4 is 4.74 Å². The maximum atomic E-state index is 12.5. The maximum Gasteiger partial charge on any atom is 0.263 e. The minimum absolute atomic E-state index is 0.0144. The van der Waals surface area contributed by atoms with E-state index in [1.807, 2.05) is 4.90 Å². The first-order valence-electron chi connectivity index (χ1n) is 7.53. The number of nitrogens with zero attached hydrogens (tertiary/aromatic N) is 2. The van der Waals surface area contributed by atoms with Gasteiger partial charge in [-0.1, -0.05) is 29.3 Å². The second-order valence-corrected chi connectivity index (χ2v) is 6.55. The summed E-state index contributed by atoms with van der Waals surface area (Å²) in [6.07, 6.45) is -0.582. The average molecular weight is 345 g/mol. The van der Waals surface area contributed by atoms with Crippen LogP contribution in [0, 0.1) is 0 Å². The highest BCUT2D eigenvalue weighted by atomic mass is 35.5. The lowest BCUT2D eigenvalue weighted by atomic mass is 10.2. The van der Waals surface area contributed by atoms with Crippen LogP contribution in [0.5, 0.6) is 5.75 Å². The molecule has 1 aliphatic heterocycles. The van der Waals surface area contributed by atoms with Gasteiger partial charge < -0.3 is 9.64 Å². The molecule has 2 rings (SSSR count). The SMILES string of the molecule is CC(Oc1cccc(Cl)c1Cl)C(=O)N1CCN(C(C)C)CC1. The summed E-state index contributed by atoms with van der Waals surface area (Å²) in [6.45, 7) is 9.34. The zero-order valence-corrected chi connectivity index (χ0v) is 14.7. The van der Waals surface area contributed by atoms with Gasteiger partial charge in [-0.15, -0.1) is 0 Å². The van der Waals surface area contributed by atoms with E-state index in [-0.39, 0.29) is 5.91 Å². The minimum Gasteiger partial charge on any atom is -0.479 e. The third kappa shape index (κ3) is 4.06. The first kappa shape index (κ1) is 17.4. The van der Waals surface area contributed by atoms with Crippen molar-refractivity contribution < 1.29 is 9.53 Å². The number of halogens is 2. The normalized spacial score (nSPS) is 17.6. The summed E-state index contributed by atoms with van der Waals surface area (Å²) < 4.78 is 5.69. The summed E-state index contributed by atoms with van der Waals surface area (Å²) in [5.74, 6) is 0.426. The van der Waals surface area contributed by atoms with E-state index in [4.69, 9.17) is 27.9 Å². The van der Waals surface area contributed by atoms with Crippen molar-refractivity contribution in [3.63, 3.8) is 0 Å². The van der Waals surface area contributed by atoms with Crippen LogP contribution in [0.1, 0.15) is 20.8 Å². The monoisotopic (exact) mass is 344 g/mol. The van der Waals surface area contributed by atoms with Crippen LogP contribution in [0.15, 0.2) is 18.2 Å². The van der Waals surface area contributed by atoms with Gasteiger partial charge in [0, 0.05) is 32.2 Å². The third-order valence-corrected chi connectivity index (χ3v) is 4.73. The van der Waals surface area contributed by atoms with E-state index in [1.54, 1.807) is 25.1 Å². The number of benzene rings is 1. The molecule has 1 aliphatic rings. The highest BCUT2D eigenvalue weighted by Gasteiger charge is 2.27. The van der Waals surface area contributed by atoms with Crippen molar-refractivity contribution in [1.29, 1.82) is 0 Å². The highest BCUT2D eigenvalue weighted by molar-refractivity contribution is 6.42. The van der Waals surface area contributed by atoms with E-state index in [1.165, 1.54) is 0 Å². The number of carbonyl (C=O) groups is 1. The summed E-state index contributed by atoms with van der Waals surface area (Å²) in [6, 6.07) is 5.67. The Kier molecular flexibility index (Phi) is 5.95. The Hall–Kier alpha value is -0.970. The van der Waals surface area contributed by atoms with Gasteiger partial charge in [0.05, 0.1) is 5.02 Å². The van der Waals surface area contributed by atoms with Gasteiger partial charge in [-0.3, -0.25) is 9.69 Å². The summed E-state index contributed by atoms with van der Waals surface area (Å²) in [7, 11) is 0. The van der Waals surface area contributed by atoms with Crippen LogP contribution in [0.3, 0.4) is 0 Å². The molecular formula is C16H22Cl2N2O2. The Morgan fingerprint density at radius 2 is 1.77 bits per heavy atom. The summed E-state index contributed by atoms with van der Waals surface area (Å²) in [5.41, 5.74) is 0. The van der Waals surface area contributed by atoms with Crippen molar-refractivity contribution in [1.82, 2.24) is 9.80 Å². The van der Waals surface area contributed by atoms with E-state index >= 15 is 0 Å². The van der Waals surface area contributed by atoms with Crippen LogP contribution in [-0.2, 0) is 4.79 Å². The number of rotatable bonds is 4. The van der Waals surface area contributed by atoms with Gasteiger partial charge in [0.15, 0.2) is 6.10 Å². The van der Waals surface area contributed by atoms with Crippen molar-refractivity contribution in [3.05, 3.63) is 28.2 Å². The minimum atomic E-state index is -0.582. The Morgan fingerprint density at radius 1 is 1.14 bits per heavy atom. The van der Waals surface area contributed by atoms with Crippen molar-refractivity contribution in [2.24, 2.45) is 0 Å². The van der Waals surface area contributed by atoms with Crippen molar-refractivity contribution in [2.75, 3.05) is 26.2 Å². The van der Waals surface area contributed by atoms with Gasteiger partial charge in [-0.2, -0.15) is 0 Å². The van der Waals surface area contributed by atoms with Crippen LogP contribution in [0.2, 0.25) is 10.0 Å². The number of ether oxygens (including phenoxy) is 1. The topological polar surface area (TPSA) is 32.8 Å². The zero-order valence-electron chi connectivity index (χ0n) is 13.2. The molecule has 122 valence electrons. The second kappa shape index (κ2) is 7.53. The van der Waals surface area contributed by atoms with Crippen LogP contribution in [0.4, 0.5) is 0 Å². The van der Waals surface area contributed by atoms with E-state index in [2.05, 4.69) is 18.7 Å². The molecule has 0 bridgehead atoms. The van der Waals surface area contributed by atoms with Crippen molar-refractivity contribution in [3.8, 4) is 5.75 Å². The van der Waals surface area contributed by atoms with E-state index in [9.17, 15) is 4.79 Å². The molecule has 0 aliphatic carbocycles. The lowest BCUT2D eigenvalue weighted by molar-refractivity contribution is -0.140. The first-order valence-corrected chi connectivity index (χ1v) is 8.29. The van der Waals surface area contributed by atoms with E-state index in [0.717, 1.165) is 26.2 Å². The fourth-order valence-electron chi connectivity index (χ4n) is 2.53. The van der Waals surface area contributed by atoms with E-state index < -0.39 is 6.10 Å². The zero-order chi connectivity index (χ0) is 16.3. The first-order chi connectivity index (χ1) is 10.4. The molecule has 1 fully saturated rings. The van der Waals surface area contributed by atoms with Crippen LogP contribution in [-0.4, -0.2) is 54.0 Å². The molecule has 1 unspecified atom stereocenters. The number of amides is 1. The molecule has 1 atom stereocenters. The molecule has 1 amide bonds. The number of carbonyl (C=O) groups excluding carboxylic acids is 1. The van der Waals surface area contributed by atoms with Gasteiger partial charge in [-0.25, -0.2) is 0 Å². The Labute approximate surface area is 141 Å².